The van der Waals surface area contributed by atoms with Crippen LogP contribution < -0.4 is 10.6 Å². The van der Waals surface area contributed by atoms with E-state index in [2.05, 4.69) is 10.6 Å². The number of piperidine rings is 1. The van der Waals surface area contributed by atoms with Crippen LogP contribution in [-0.2, 0) is 9.47 Å². The lowest BCUT2D eigenvalue weighted by Gasteiger charge is -2.45. The molecule has 24 heavy (non-hydrogen) atoms. The normalized spacial score (nSPS) is 35.0. The van der Waals surface area contributed by atoms with Crippen molar-refractivity contribution in [2.75, 3.05) is 32.9 Å². The fraction of sp³-hybridized carbons (Fsp3) is 1.00. The maximum absolute atomic E-state index is 6.26. The molecule has 2 saturated heterocycles. The van der Waals surface area contributed by atoms with Gasteiger partial charge in [0, 0.05) is 25.3 Å². The molecule has 0 bridgehead atoms. The van der Waals surface area contributed by atoms with Gasteiger partial charge in [-0.15, -0.1) is 0 Å². The Kier molecular flexibility index (Phi) is 5.77. The van der Waals surface area contributed by atoms with Crippen LogP contribution in [0.5, 0.6) is 0 Å². The Hall–Kier alpha value is -0.160. The zero-order valence-electron chi connectivity index (χ0n) is 15.2. The first-order valence-corrected chi connectivity index (χ1v) is 10.5. The first kappa shape index (κ1) is 17.3. The summed E-state index contributed by atoms with van der Waals surface area (Å²) in [7, 11) is 0. The molecule has 2 aliphatic heterocycles. The fourth-order valence-electron chi connectivity index (χ4n) is 5.14. The number of hydrogen-bond donors (Lipinski definition) is 2. The molecule has 2 heterocycles. The Morgan fingerprint density at radius 1 is 1.00 bits per heavy atom. The molecule has 0 aromatic rings. The lowest BCUT2D eigenvalue weighted by atomic mass is 9.67. The van der Waals surface area contributed by atoms with Crippen LogP contribution in [0.3, 0.4) is 0 Å². The standard InChI is InChI=1S/C20H36N2O2/c1-2-16(3-1)14-24-19-15-23-13-6-18(19)22-17-4-7-20(8-5-17)9-11-21-12-10-20/h16-19,21-22H,1-15H2/t18-,19-/m1/s1. The van der Waals surface area contributed by atoms with Crippen LogP contribution in [-0.4, -0.2) is 51.1 Å². The molecule has 0 radical (unpaired) electrons. The Bertz CT molecular complexity index is 383. The lowest BCUT2D eigenvalue weighted by Crippen LogP contribution is -2.53. The van der Waals surface area contributed by atoms with Gasteiger partial charge >= 0.3 is 0 Å². The summed E-state index contributed by atoms with van der Waals surface area (Å²) in [5, 5.41) is 7.49. The molecule has 4 fully saturated rings. The first-order chi connectivity index (χ1) is 11.8. The number of nitrogens with one attached hydrogen (secondary N) is 2. The van der Waals surface area contributed by atoms with Gasteiger partial charge < -0.3 is 20.1 Å². The van der Waals surface area contributed by atoms with E-state index in [0.29, 0.717) is 17.5 Å². The number of rotatable bonds is 5. The number of ether oxygens (including phenoxy) is 2. The molecule has 4 heteroatoms. The average Bonchev–Trinajstić information content (AvgIpc) is 2.58. The van der Waals surface area contributed by atoms with Gasteiger partial charge in [-0.3, -0.25) is 0 Å². The van der Waals surface area contributed by atoms with Crippen LogP contribution in [0, 0.1) is 11.3 Å². The summed E-state index contributed by atoms with van der Waals surface area (Å²) in [5.74, 6) is 0.821. The van der Waals surface area contributed by atoms with Crippen LogP contribution >= 0.6 is 0 Å². The van der Waals surface area contributed by atoms with Gasteiger partial charge in [0.1, 0.15) is 0 Å². The fourth-order valence-corrected chi connectivity index (χ4v) is 5.14. The van der Waals surface area contributed by atoms with Crippen molar-refractivity contribution in [1.82, 2.24) is 10.6 Å². The molecule has 1 spiro atoms. The van der Waals surface area contributed by atoms with Gasteiger partial charge in [-0.05, 0) is 82.2 Å². The summed E-state index contributed by atoms with van der Waals surface area (Å²) in [5.41, 5.74) is 0.666. The monoisotopic (exact) mass is 336 g/mol. The van der Waals surface area contributed by atoms with Crippen molar-refractivity contribution in [1.29, 1.82) is 0 Å². The van der Waals surface area contributed by atoms with Crippen LogP contribution in [0.4, 0.5) is 0 Å². The highest BCUT2D eigenvalue weighted by Crippen LogP contribution is 2.43. The van der Waals surface area contributed by atoms with Crippen LogP contribution in [0.15, 0.2) is 0 Å². The van der Waals surface area contributed by atoms with E-state index in [-0.39, 0.29) is 6.10 Å². The maximum Gasteiger partial charge on any atom is 0.0961 e. The van der Waals surface area contributed by atoms with Crippen LogP contribution in [0.2, 0.25) is 0 Å². The molecule has 4 nitrogen and oxygen atoms in total. The molecule has 2 N–H and O–H groups in total. The van der Waals surface area contributed by atoms with E-state index in [1.165, 1.54) is 70.9 Å². The molecule has 0 amide bonds. The van der Waals surface area contributed by atoms with Gasteiger partial charge in [0.25, 0.3) is 0 Å². The van der Waals surface area contributed by atoms with Crippen molar-refractivity contribution < 1.29 is 9.47 Å². The van der Waals surface area contributed by atoms with Gasteiger partial charge in [0.2, 0.25) is 0 Å². The Morgan fingerprint density at radius 3 is 2.50 bits per heavy atom. The largest absolute Gasteiger partial charge is 0.379 e. The second kappa shape index (κ2) is 8.03. The zero-order valence-corrected chi connectivity index (χ0v) is 15.2. The smallest absolute Gasteiger partial charge is 0.0961 e. The third-order valence-corrected chi connectivity index (χ3v) is 7.24. The predicted octanol–water partition coefficient (Wildman–Crippen LogP) is 2.86. The molecule has 4 aliphatic rings. The molecular formula is C20H36N2O2. The predicted molar refractivity (Wildman–Crippen MR) is 96.2 cm³/mol. The second-order valence-corrected chi connectivity index (χ2v) is 8.83. The van der Waals surface area contributed by atoms with E-state index in [4.69, 9.17) is 9.47 Å². The SMILES string of the molecule is C1CC(CO[C@@H]2COCC[C@H]2NC2CCC3(CCNCC3)CC2)C1. The Labute approximate surface area is 147 Å². The molecule has 2 aliphatic carbocycles. The van der Waals surface area contributed by atoms with E-state index in [1.54, 1.807) is 0 Å². The highest BCUT2D eigenvalue weighted by atomic mass is 16.5. The molecule has 0 aromatic carbocycles. The molecule has 2 atom stereocenters. The Morgan fingerprint density at radius 2 is 1.79 bits per heavy atom. The van der Waals surface area contributed by atoms with Gasteiger partial charge in [-0.25, -0.2) is 0 Å². The summed E-state index contributed by atoms with van der Waals surface area (Å²) in [6.07, 6.45) is 13.8. The topological polar surface area (TPSA) is 42.5 Å². The summed E-state index contributed by atoms with van der Waals surface area (Å²) in [4.78, 5) is 0. The molecule has 2 saturated carbocycles. The summed E-state index contributed by atoms with van der Waals surface area (Å²) >= 11 is 0. The van der Waals surface area contributed by atoms with Gasteiger partial charge in [0.15, 0.2) is 0 Å². The summed E-state index contributed by atoms with van der Waals surface area (Å²) < 4.78 is 12.0. The van der Waals surface area contributed by atoms with Gasteiger partial charge in [-0.1, -0.05) is 6.42 Å². The van der Waals surface area contributed by atoms with Crippen molar-refractivity contribution in [3.05, 3.63) is 0 Å². The minimum atomic E-state index is 0.272. The third kappa shape index (κ3) is 4.14. The van der Waals surface area contributed by atoms with Crippen molar-refractivity contribution in [3.8, 4) is 0 Å². The van der Waals surface area contributed by atoms with E-state index in [0.717, 1.165) is 32.2 Å². The van der Waals surface area contributed by atoms with Crippen molar-refractivity contribution in [2.24, 2.45) is 11.3 Å². The number of hydrogen-bond acceptors (Lipinski definition) is 4. The quantitative estimate of drug-likeness (QED) is 0.810. The molecule has 138 valence electrons. The molecule has 0 unspecified atom stereocenters. The van der Waals surface area contributed by atoms with E-state index >= 15 is 0 Å². The molecule has 0 aromatic heterocycles. The second-order valence-electron chi connectivity index (χ2n) is 8.83. The first-order valence-electron chi connectivity index (χ1n) is 10.5. The van der Waals surface area contributed by atoms with Crippen molar-refractivity contribution in [3.63, 3.8) is 0 Å². The minimum absolute atomic E-state index is 0.272. The maximum atomic E-state index is 6.26. The molecule has 4 rings (SSSR count). The Balaban J connectivity index is 1.24. The highest BCUT2D eigenvalue weighted by molar-refractivity contribution is 4.93. The van der Waals surface area contributed by atoms with E-state index < -0.39 is 0 Å². The average molecular weight is 337 g/mol. The molecular weight excluding hydrogens is 300 g/mol. The van der Waals surface area contributed by atoms with Gasteiger partial charge in [0.05, 0.1) is 12.7 Å². The van der Waals surface area contributed by atoms with Crippen molar-refractivity contribution in [2.45, 2.75) is 82.4 Å². The third-order valence-electron chi connectivity index (χ3n) is 7.24. The summed E-state index contributed by atoms with van der Waals surface area (Å²) in [6, 6.07) is 1.20. The van der Waals surface area contributed by atoms with Crippen molar-refractivity contribution >= 4 is 0 Å². The van der Waals surface area contributed by atoms with Crippen LogP contribution in [0.25, 0.3) is 0 Å². The summed E-state index contributed by atoms with van der Waals surface area (Å²) in [6.45, 7) is 5.09. The zero-order chi connectivity index (χ0) is 16.2. The highest BCUT2D eigenvalue weighted by Gasteiger charge is 2.37. The van der Waals surface area contributed by atoms with Crippen LogP contribution in [0.1, 0.15) is 64.2 Å². The van der Waals surface area contributed by atoms with Gasteiger partial charge in [-0.2, -0.15) is 0 Å². The van der Waals surface area contributed by atoms with E-state index in [1.807, 2.05) is 0 Å². The van der Waals surface area contributed by atoms with E-state index in [9.17, 15) is 0 Å². The lowest BCUT2D eigenvalue weighted by molar-refractivity contribution is -0.0868. The minimum Gasteiger partial charge on any atom is -0.379 e.